The van der Waals surface area contributed by atoms with Crippen LogP contribution >= 0.6 is 11.6 Å². The van der Waals surface area contributed by atoms with Crippen LogP contribution in [0.2, 0.25) is 5.02 Å². The third-order valence-corrected chi connectivity index (χ3v) is 4.78. The van der Waals surface area contributed by atoms with Gasteiger partial charge in [0.2, 0.25) is 0 Å². The van der Waals surface area contributed by atoms with E-state index in [1.165, 1.54) is 0 Å². The van der Waals surface area contributed by atoms with Crippen LogP contribution in [0.25, 0.3) is 0 Å². The zero-order valence-electron chi connectivity index (χ0n) is 15.1. The van der Waals surface area contributed by atoms with Crippen LogP contribution in [0.5, 0.6) is 5.75 Å². The van der Waals surface area contributed by atoms with Crippen LogP contribution in [0, 0.1) is 0 Å². The molecule has 2 aromatic rings. The smallest absolute Gasteiger partial charge is 0.254 e. The van der Waals surface area contributed by atoms with Gasteiger partial charge >= 0.3 is 0 Å². The number of methoxy groups -OCH3 is 1. The van der Waals surface area contributed by atoms with Crippen LogP contribution in [0.1, 0.15) is 43.4 Å². The number of aromatic nitrogens is 2. The van der Waals surface area contributed by atoms with Crippen LogP contribution in [0.3, 0.4) is 0 Å². The summed E-state index contributed by atoms with van der Waals surface area (Å²) in [6.07, 6.45) is 0.714. The molecule has 0 unspecified atom stereocenters. The minimum absolute atomic E-state index is 0.00191. The number of fused-ring (bicyclic) bond motifs is 1. The maximum atomic E-state index is 12.4. The fourth-order valence-electron chi connectivity index (χ4n) is 3.05. The van der Waals surface area contributed by atoms with Crippen molar-refractivity contribution >= 4 is 11.6 Å². The SMILES string of the molecule is COc1ccc(CN2CCc3c(nc(C(C)(C)C)[nH]c3=O)C2)cc1Cl. The molecule has 0 bridgehead atoms. The van der Waals surface area contributed by atoms with Crippen LogP contribution in [-0.2, 0) is 24.9 Å². The van der Waals surface area contributed by atoms with Crippen LogP contribution in [0.4, 0.5) is 0 Å². The first-order valence-electron chi connectivity index (χ1n) is 8.45. The monoisotopic (exact) mass is 361 g/mol. The van der Waals surface area contributed by atoms with Crippen LogP contribution < -0.4 is 10.3 Å². The molecule has 25 heavy (non-hydrogen) atoms. The highest BCUT2D eigenvalue weighted by atomic mass is 35.5. The Morgan fingerprint density at radius 2 is 2.12 bits per heavy atom. The van der Waals surface area contributed by atoms with E-state index in [1.807, 2.05) is 18.2 Å². The van der Waals surface area contributed by atoms with Crippen molar-refractivity contribution in [2.24, 2.45) is 0 Å². The first-order valence-corrected chi connectivity index (χ1v) is 8.83. The zero-order valence-corrected chi connectivity index (χ0v) is 15.9. The molecule has 6 heteroatoms. The number of hydrogen-bond acceptors (Lipinski definition) is 4. The number of rotatable bonds is 3. The normalized spacial score (nSPS) is 15.1. The molecule has 0 atom stereocenters. The second kappa shape index (κ2) is 6.81. The summed E-state index contributed by atoms with van der Waals surface area (Å²) in [5.41, 5.74) is 2.65. The van der Waals surface area contributed by atoms with E-state index < -0.39 is 0 Å². The van der Waals surface area contributed by atoms with Crippen molar-refractivity contribution in [1.29, 1.82) is 0 Å². The van der Waals surface area contributed by atoms with E-state index in [4.69, 9.17) is 21.3 Å². The van der Waals surface area contributed by atoms with Crippen LogP contribution in [0.15, 0.2) is 23.0 Å². The van der Waals surface area contributed by atoms with Gasteiger partial charge in [-0.05, 0) is 24.1 Å². The quantitative estimate of drug-likeness (QED) is 0.911. The molecule has 3 rings (SSSR count). The molecular formula is C19H24ClN3O2. The summed E-state index contributed by atoms with van der Waals surface area (Å²) < 4.78 is 5.20. The Kier molecular flexibility index (Phi) is 4.89. The van der Waals surface area contributed by atoms with Crippen molar-refractivity contribution < 1.29 is 4.74 Å². The van der Waals surface area contributed by atoms with Crippen molar-refractivity contribution in [3.05, 3.63) is 56.2 Å². The highest BCUT2D eigenvalue weighted by Gasteiger charge is 2.24. The zero-order chi connectivity index (χ0) is 18.2. The Balaban J connectivity index is 1.82. The van der Waals surface area contributed by atoms with E-state index in [1.54, 1.807) is 7.11 Å². The summed E-state index contributed by atoms with van der Waals surface area (Å²) in [6.45, 7) is 8.43. The van der Waals surface area contributed by atoms with Crippen molar-refractivity contribution in [2.45, 2.75) is 45.7 Å². The van der Waals surface area contributed by atoms with Gasteiger partial charge in [-0.3, -0.25) is 9.69 Å². The minimum atomic E-state index is -0.181. The van der Waals surface area contributed by atoms with Crippen molar-refractivity contribution in [1.82, 2.24) is 14.9 Å². The third kappa shape index (κ3) is 3.88. The molecule has 1 aliphatic heterocycles. The molecular weight excluding hydrogens is 338 g/mol. The largest absolute Gasteiger partial charge is 0.495 e. The fraction of sp³-hybridized carbons (Fsp3) is 0.474. The number of nitrogens with zero attached hydrogens (tertiary/aromatic N) is 2. The second-order valence-electron chi connectivity index (χ2n) is 7.52. The lowest BCUT2D eigenvalue weighted by atomic mass is 9.95. The number of H-pyrrole nitrogens is 1. The van der Waals surface area contributed by atoms with E-state index in [2.05, 4.69) is 30.7 Å². The molecule has 5 nitrogen and oxygen atoms in total. The molecule has 0 radical (unpaired) electrons. The molecule has 0 amide bonds. The number of hydrogen-bond donors (Lipinski definition) is 1. The summed E-state index contributed by atoms with van der Waals surface area (Å²) >= 11 is 6.22. The maximum Gasteiger partial charge on any atom is 0.254 e. The summed E-state index contributed by atoms with van der Waals surface area (Å²) in [4.78, 5) is 22.3. The Morgan fingerprint density at radius 1 is 1.36 bits per heavy atom. The van der Waals surface area contributed by atoms with Gasteiger partial charge in [-0.15, -0.1) is 0 Å². The Morgan fingerprint density at radius 3 is 2.76 bits per heavy atom. The number of aromatic amines is 1. The lowest BCUT2D eigenvalue weighted by Gasteiger charge is -2.29. The van der Waals surface area contributed by atoms with E-state index in [-0.39, 0.29) is 11.0 Å². The standard InChI is InChI=1S/C19H24ClN3O2/c1-19(2,3)18-21-15-11-23(8-7-13(15)17(24)22-18)10-12-5-6-16(25-4)14(20)9-12/h5-6,9H,7-8,10-11H2,1-4H3,(H,21,22,24). The lowest BCUT2D eigenvalue weighted by Crippen LogP contribution is -2.36. The Labute approximate surface area is 153 Å². The molecule has 0 saturated carbocycles. The second-order valence-corrected chi connectivity index (χ2v) is 7.93. The van der Waals surface area contributed by atoms with Gasteiger partial charge in [0.05, 0.1) is 17.8 Å². The van der Waals surface area contributed by atoms with E-state index in [0.29, 0.717) is 23.7 Å². The molecule has 0 spiro atoms. The highest BCUT2D eigenvalue weighted by Crippen LogP contribution is 2.26. The van der Waals surface area contributed by atoms with Gasteiger partial charge in [0.1, 0.15) is 11.6 Å². The molecule has 0 aliphatic carbocycles. The van der Waals surface area contributed by atoms with Gasteiger partial charge in [0.15, 0.2) is 0 Å². The summed E-state index contributed by atoms with van der Waals surface area (Å²) in [5.74, 6) is 1.42. The highest BCUT2D eigenvalue weighted by molar-refractivity contribution is 6.32. The van der Waals surface area contributed by atoms with Gasteiger partial charge in [0.25, 0.3) is 5.56 Å². The number of halogens is 1. The molecule has 0 fully saturated rings. The van der Waals surface area contributed by atoms with Crippen LogP contribution in [-0.4, -0.2) is 28.5 Å². The Hall–Kier alpha value is -1.85. The topological polar surface area (TPSA) is 58.2 Å². The average Bonchev–Trinajstić information content (AvgIpc) is 2.54. The number of nitrogens with one attached hydrogen (secondary N) is 1. The first kappa shape index (κ1) is 18.0. The Bertz CT molecular complexity index is 840. The average molecular weight is 362 g/mol. The third-order valence-electron chi connectivity index (χ3n) is 4.49. The van der Waals surface area contributed by atoms with E-state index >= 15 is 0 Å². The van der Waals surface area contributed by atoms with Crippen molar-refractivity contribution in [2.75, 3.05) is 13.7 Å². The predicted molar refractivity (Wildman–Crippen MR) is 99.4 cm³/mol. The maximum absolute atomic E-state index is 12.4. The predicted octanol–water partition coefficient (Wildman–Crippen LogP) is 3.29. The molecule has 1 aromatic heterocycles. The van der Waals surface area contributed by atoms with Gasteiger partial charge in [-0.25, -0.2) is 4.98 Å². The molecule has 1 aliphatic rings. The summed E-state index contributed by atoms with van der Waals surface area (Å²) in [6, 6.07) is 5.84. The lowest BCUT2D eigenvalue weighted by molar-refractivity contribution is 0.239. The summed E-state index contributed by atoms with van der Waals surface area (Å²) in [5, 5.41) is 0.613. The molecule has 0 saturated heterocycles. The van der Waals surface area contributed by atoms with Gasteiger partial charge in [-0.1, -0.05) is 38.4 Å². The van der Waals surface area contributed by atoms with E-state index in [9.17, 15) is 4.79 Å². The number of ether oxygens (including phenoxy) is 1. The molecule has 134 valence electrons. The van der Waals surface area contributed by atoms with Gasteiger partial charge in [0, 0.05) is 30.6 Å². The van der Waals surface area contributed by atoms with E-state index in [0.717, 1.165) is 35.7 Å². The van der Waals surface area contributed by atoms with Gasteiger partial charge in [-0.2, -0.15) is 0 Å². The van der Waals surface area contributed by atoms with Crippen molar-refractivity contribution in [3.8, 4) is 5.75 Å². The minimum Gasteiger partial charge on any atom is -0.495 e. The van der Waals surface area contributed by atoms with Gasteiger partial charge < -0.3 is 9.72 Å². The molecule has 1 N–H and O–H groups in total. The molecule has 1 aromatic carbocycles. The molecule has 2 heterocycles. The first-order chi connectivity index (χ1) is 11.8. The fourth-order valence-corrected chi connectivity index (χ4v) is 3.33. The number of benzene rings is 1. The van der Waals surface area contributed by atoms with Crippen molar-refractivity contribution in [3.63, 3.8) is 0 Å². The summed E-state index contributed by atoms with van der Waals surface area (Å²) in [7, 11) is 1.61.